The summed E-state index contributed by atoms with van der Waals surface area (Å²) in [6.07, 6.45) is 0. The zero-order chi connectivity index (χ0) is 0. The summed E-state index contributed by atoms with van der Waals surface area (Å²) < 4.78 is 0. The average Bonchev–Trinajstić information content (AvgIpc) is 0. The van der Waals surface area contributed by atoms with Gasteiger partial charge >= 0.3 is 0 Å². The Morgan fingerprint density at radius 1 is 0.750 bits per heavy atom. The van der Waals surface area contributed by atoms with Crippen LogP contribution < -0.4 is 0 Å². The zero-order valence-electron chi connectivity index (χ0n) is 2.41. The Morgan fingerprint density at radius 3 is 0.750 bits per heavy atom. The molecule has 0 fully saturated rings. The van der Waals surface area contributed by atoms with Gasteiger partial charge in [-0.1, -0.05) is 0 Å². The van der Waals surface area contributed by atoms with E-state index < -0.39 is 0 Å². The summed E-state index contributed by atoms with van der Waals surface area (Å²) >= 11 is 0. The quantitative estimate of drug-likeness (QED) is 0.347. The van der Waals surface area contributed by atoms with Crippen molar-refractivity contribution in [2.24, 2.45) is 0 Å². The van der Waals surface area contributed by atoms with E-state index in [1.807, 2.05) is 0 Å². The van der Waals surface area contributed by atoms with E-state index in [9.17, 15) is 0 Å². The Hall–Kier alpha value is 2.03. The minimum atomic E-state index is 0. The van der Waals surface area contributed by atoms with E-state index in [4.69, 9.17) is 0 Å². The fourth-order valence-corrected chi connectivity index (χ4v) is 0. The molecule has 0 atom stereocenters. The van der Waals surface area contributed by atoms with Crippen LogP contribution in [0.2, 0.25) is 0 Å². The minimum absolute atomic E-state index is 0. The number of hydrogen-bond donors (Lipinski definition) is 0. The maximum Gasteiger partial charge on any atom is 0 e. The van der Waals surface area contributed by atoms with Crippen molar-refractivity contribution < 1.29 is 0 Å². The van der Waals surface area contributed by atoms with E-state index in [1.54, 1.807) is 0 Å². The topological polar surface area (TPSA) is 0 Å². The molecule has 0 spiro atoms. The minimum Gasteiger partial charge on any atom is 0 e. The second kappa shape index (κ2) is 19.8. The van der Waals surface area contributed by atoms with Crippen molar-refractivity contribution in [3.63, 3.8) is 0 Å². The van der Waals surface area contributed by atoms with Crippen LogP contribution in [0.3, 0.4) is 0 Å². The molecule has 0 aromatic heterocycles. The van der Waals surface area contributed by atoms with Crippen molar-refractivity contribution in [1.29, 1.82) is 0 Å². The second-order valence-corrected chi connectivity index (χ2v) is 0. The Labute approximate surface area is 74.5 Å². The first-order valence-electron chi connectivity index (χ1n) is 0. The van der Waals surface area contributed by atoms with E-state index >= 15 is 0 Å². The van der Waals surface area contributed by atoms with Gasteiger partial charge in [0.15, 0.2) is 0 Å². The van der Waals surface area contributed by atoms with Crippen LogP contribution in [-0.2, 0) is 0 Å². The molecular formula is C2CaMg. The summed E-state index contributed by atoms with van der Waals surface area (Å²) in [4.78, 5) is 0. The van der Waals surface area contributed by atoms with Crippen molar-refractivity contribution >= 4 is 60.8 Å². The first-order chi connectivity index (χ1) is 0. The summed E-state index contributed by atoms with van der Waals surface area (Å²) in [6, 6.07) is 0. The molecule has 0 aliphatic heterocycles. The van der Waals surface area contributed by atoms with Gasteiger partial charge < -0.3 is 0 Å². The molecule has 12 valence electrons. The van der Waals surface area contributed by atoms with Gasteiger partial charge in [-0.15, -0.1) is 0 Å². The Kier molecular flexibility index (Phi) is 184. The Bertz CT molecular complexity index is 6.00. The molecule has 2 heteroatoms. The molecule has 0 nitrogen and oxygen atoms in total. The smallest absolute Gasteiger partial charge is 0 e. The molecule has 0 amide bonds. The molecule has 0 rings (SSSR count). The van der Waals surface area contributed by atoms with Crippen LogP contribution in [0.4, 0.5) is 0 Å². The largest absolute Gasteiger partial charge is 0 e. The maximum atomic E-state index is 0. The third kappa shape index (κ3) is 8.98. The van der Waals surface area contributed by atoms with E-state index in [1.165, 1.54) is 0 Å². The zero-order valence-corrected chi connectivity index (χ0v) is 6.04. The van der Waals surface area contributed by atoms with E-state index in [-0.39, 0.29) is 75.6 Å². The fourth-order valence-electron chi connectivity index (χ4n) is 0. The van der Waals surface area contributed by atoms with Crippen molar-refractivity contribution in [2.75, 3.05) is 0 Å². The van der Waals surface area contributed by atoms with E-state index in [0.29, 0.717) is 0 Å². The van der Waals surface area contributed by atoms with Gasteiger partial charge in [-0.05, 0) is 0 Å². The van der Waals surface area contributed by atoms with Crippen LogP contribution in [0.15, 0.2) is 0 Å². The number of rotatable bonds is 0. The Balaban J connectivity index is 0. The molecule has 0 aliphatic rings. The molecule has 0 unspecified atom stereocenters. The standard InChI is InChI=1S/2C.Ca.Mg. The van der Waals surface area contributed by atoms with Crippen LogP contribution in [0.5, 0.6) is 0 Å². The van der Waals surface area contributed by atoms with Gasteiger partial charge in [-0.3, -0.25) is 0 Å². The normalized spacial score (nSPS) is 0. The van der Waals surface area contributed by atoms with Crippen LogP contribution in [-0.4, -0.2) is 60.8 Å². The van der Waals surface area contributed by atoms with E-state index in [0.717, 1.165) is 0 Å². The van der Waals surface area contributed by atoms with Crippen molar-refractivity contribution in [3.8, 4) is 0 Å². The predicted molar refractivity (Wildman–Crippen MR) is 18.0 cm³/mol. The summed E-state index contributed by atoms with van der Waals surface area (Å²) in [7, 11) is 0. The third-order valence-electron chi connectivity index (χ3n) is 0. The van der Waals surface area contributed by atoms with Gasteiger partial charge in [0.1, 0.15) is 0 Å². The van der Waals surface area contributed by atoms with Gasteiger partial charge in [0.2, 0.25) is 0 Å². The van der Waals surface area contributed by atoms with Crippen LogP contribution >= 0.6 is 0 Å². The molecule has 12 radical (unpaired) electrons. The average molecular weight is 88.4 g/mol. The second-order valence-electron chi connectivity index (χ2n) is 0. The molecule has 4 heavy (non-hydrogen) atoms. The van der Waals surface area contributed by atoms with Crippen molar-refractivity contribution in [3.05, 3.63) is 14.9 Å². The van der Waals surface area contributed by atoms with Gasteiger partial charge in [0.25, 0.3) is 0 Å². The Morgan fingerprint density at radius 2 is 0.750 bits per heavy atom. The summed E-state index contributed by atoms with van der Waals surface area (Å²) in [5.74, 6) is 0. The third-order valence-corrected chi connectivity index (χ3v) is 0. The van der Waals surface area contributed by atoms with Gasteiger partial charge in [0.05, 0.1) is 0 Å². The first kappa shape index (κ1) is 37.1. The van der Waals surface area contributed by atoms with E-state index in [2.05, 4.69) is 0 Å². The SMILES string of the molecule is [C].[C].[Ca].[Mg]. The molecule has 0 heterocycles. The first-order valence-corrected chi connectivity index (χ1v) is 0. The monoisotopic (exact) mass is 87.9 g/mol. The van der Waals surface area contributed by atoms with Gasteiger partial charge in [-0.2, -0.15) is 0 Å². The molecule has 0 saturated carbocycles. The molecule has 0 saturated heterocycles. The van der Waals surface area contributed by atoms with Crippen LogP contribution in [0, 0.1) is 14.9 Å². The predicted octanol–water partition coefficient (Wildman–Crippen LogP) is -0.599. The van der Waals surface area contributed by atoms with Gasteiger partial charge in [0, 0.05) is 75.6 Å². The molecule has 0 bridgehead atoms. The van der Waals surface area contributed by atoms with Gasteiger partial charge in [-0.25, -0.2) is 0 Å². The molecule has 0 N–H and O–H groups in total. The fraction of sp³-hybridized carbons (Fsp3) is 0. The maximum absolute atomic E-state index is 0. The van der Waals surface area contributed by atoms with Crippen LogP contribution in [0.1, 0.15) is 0 Å². The number of hydrogen-bond acceptors (Lipinski definition) is 0. The molecular weight excluding hydrogens is 88.4 g/mol. The summed E-state index contributed by atoms with van der Waals surface area (Å²) in [6.45, 7) is 0. The molecule has 0 aromatic rings. The summed E-state index contributed by atoms with van der Waals surface area (Å²) in [5, 5.41) is 0. The summed E-state index contributed by atoms with van der Waals surface area (Å²) in [5.41, 5.74) is 0. The van der Waals surface area contributed by atoms with Crippen molar-refractivity contribution in [1.82, 2.24) is 0 Å². The molecule has 0 aliphatic carbocycles. The van der Waals surface area contributed by atoms with Crippen molar-refractivity contribution in [2.45, 2.75) is 0 Å². The molecule has 0 aromatic carbocycles. The van der Waals surface area contributed by atoms with Crippen LogP contribution in [0.25, 0.3) is 0 Å².